The first-order valence-electron chi connectivity index (χ1n) is 9.27. The van der Waals surface area contributed by atoms with Gasteiger partial charge in [-0.1, -0.05) is 29.3 Å². The van der Waals surface area contributed by atoms with Gasteiger partial charge in [-0.3, -0.25) is 9.59 Å². The first-order valence-corrected chi connectivity index (χ1v) is 9.27. The predicted molar refractivity (Wildman–Crippen MR) is 111 cm³/mol. The highest BCUT2D eigenvalue weighted by atomic mass is 16.5. The summed E-state index contributed by atoms with van der Waals surface area (Å²) in [6.45, 7) is 5.01. The van der Waals surface area contributed by atoms with Crippen molar-refractivity contribution >= 4 is 28.4 Å². The van der Waals surface area contributed by atoms with Gasteiger partial charge < -0.3 is 20.4 Å². The van der Waals surface area contributed by atoms with E-state index in [-0.39, 0.29) is 11.8 Å². The fraction of sp³-hybridized carbons (Fsp3) is 0.273. The van der Waals surface area contributed by atoms with Gasteiger partial charge in [-0.05, 0) is 44.5 Å². The van der Waals surface area contributed by atoms with Gasteiger partial charge in [-0.15, -0.1) is 0 Å². The van der Waals surface area contributed by atoms with Gasteiger partial charge in [-0.2, -0.15) is 0 Å². The molecule has 3 rings (SSSR count). The van der Waals surface area contributed by atoms with Gasteiger partial charge in [0.2, 0.25) is 0 Å². The number of nitrogens with one attached hydrogen (secondary N) is 3. The molecule has 3 aromatic rings. The molecular weight excluding hydrogens is 354 g/mol. The lowest BCUT2D eigenvalue weighted by Gasteiger charge is -2.09. The molecule has 2 amide bonds. The number of rotatable bonds is 7. The third-order valence-corrected chi connectivity index (χ3v) is 4.54. The average molecular weight is 379 g/mol. The van der Waals surface area contributed by atoms with Crippen LogP contribution < -0.4 is 10.6 Å². The standard InChI is InChI=1S/C22H25N3O3/c1-14-5-8-16(9-6-14)21(26)25-19-17-13-15(2)7-10-18(17)24-20(19)22(27)23-11-4-12-28-3/h5-10,13,24H,4,11-12H2,1-3H3,(H,23,27)(H,25,26). The number of benzene rings is 2. The molecule has 6 heteroatoms. The maximum absolute atomic E-state index is 12.8. The topological polar surface area (TPSA) is 83.2 Å². The number of aryl methyl sites for hydroxylation is 2. The Balaban J connectivity index is 1.91. The lowest BCUT2D eigenvalue weighted by atomic mass is 10.1. The number of amides is 2. The molecule has 1 heterocycles. The van der Waals surface area contributed by atoms with Crippen molar-refractivity contribution in [3.8, 4) is 0 Å². The molecule has 1 aromatic heterocycles. The Morgan fingerprint density at radius 3 is 2.43 bits per heavy atom. The molecule has 0 aliphatic heterocycles. The number of hydrogen-bond donors (Lipinski definition) is 3. The summed E-state index contributed by atoms with van der Waals surface area (Å²) in [5.41, 5.74) is 4.30. The summed E-state index contributed by atoms with van der Waals surface area (Å²) in [5, 5.41) is 6.60. The third-order valence-electron chi connectivity index (χ3n) is 4.54. The fourth-order valence-corrected chi connectivity index (χ4v) is 3.00. The van der Waals surface area contributed by atoms with E-state index in [1.54, 1.807) is 19.2 Å². The van der Waals surface area contributed by atoms with E-state index in [9.17, 15) is 9.59 Å². The number of carbonyl (C=O) groups excluding carboxylic acids is 2. The number of methoxy groups -OCH3 is 1. The maximum Gasteiger partial charge on any atom is 0.269 e. The molecule has 146 valence electrons. The summed E-state index contributed by atoms with van der Waals surface area (Å²) in [5.74, 6) is -0.514. The number of fused-ring (bicyclic) bond motifs is 1. The molecule has 2 aromatic carbocycles. The molecule has 0 saturated carbocycles. The second-order valence-corrected chi connectivity index (χ2v) is 6.85. The summed E-state index contributed by atoms with van der Waals surface area (Å²) < 4.78 is 5.01. The SMILES string of the molecule is COCCCNC(=O)c1[nH]c2ccc(C)cc2c1NC(=O)c1ccc(C)cc1. The largest absolute Gasteiger partial charge is 0.385 e. The monoisotopic (exact) mass is 379 g/mol. The van der Waals surface area contributed by atoms with Gasteiger partial charge in [0, 0.05) is 36.7 Å². The summed E-state index contributed by atoms with van der Waals surface area (Å²) in [7, 11) is 1.63. The van der Waals surface area contributed by atoms with E-state index >= 15 is 0 Å². The van der Waals surface area contributed by atoms with E-state index in [1.165, 1.54) is 0 Å². The molecule has 0 fully saturated rings. The number of ether oxygens (including phenoxy) is 1. The highest BCUT2D eigenvalue weighted by molar-refractivity contribution is 6.15. The Bertz CT molecular complexity index is 990. The molecule has 0 saturated heterocycles. The Morgan fingerprint density at radius 2 is 1.71 bits per heavy atom. The minimum atomic E-state index is -0.260. The van der Waals surface area contributed by atoms with Gasteiger partial charge in [0.05, 0.1) is 5.69 Å². The zero-order valence-corrected chi connectivity index (χ0v) is 16.4. The first kappa shape index (κ1) is 19.6. The molecule has 0 radical (unpaired) electrons. The smallest absolute Gasteiger partial charge is 0.269 e. The number of aromatic amines is 1. The van der Waals surface area contributed by atoms with Crippen LogP contribution in [0.5, 0.6) is 0 Å². The van der Waals surface area contributed by atoms with Crippen LogP contribution in [0.2, 0.25) is 0 Å². The van der Waals surface area contributed by atoms with Crippen LogP contribution >= 0.6 is 0 Å². The highest BCUT2D eigenvalue weighted by Gasteiger charge is 2.20. The van der Waals surface area contributed by atoms with Crippen LogP contribution in [0.4, 0.5) is 5.69 Å². The fourth-order valence-electron chi connectivity index (χ4n) is 3.00. The van der Waals surface area contributed by atoms with Gasteiger partial charge in [0.15, 0.2) is 0 Å². The van der Waals surface area contributed by atoms with E-state index < -0.39 is 0 Å². The molecule has 0 bridgehead atoms. The zero-order chi connectivity index (χ0) is 20.1. The molecule has 0 aliphatic rings. The molecule has 0 spiro atoms. The van der Waals surface area contributed by atoms with Crippen LogP contribution in [0, 0.1) is 13.8 Å². The minimum Gasteiger partial charge on any atom is -0.385 e. The lowest BCUT2D eigenvalue weighted by molar-refractivity contribution is 0.0945. The molecular formula is C22H25N3O3. The van der Waals surface area contributed by atoms with E-state index in [2.05, 4.69) is 15.6 Å². The Labute approximate surface area is 164 Å². The molecule has 3 N–H and O–H groups in total. The third kappa shape index (κ3) is 4.40. The van der Waals surface area contributed by atoms with Crippen LogP contribution in [-0.2, 0) is 4.74 Å². The van der Waals surface area contributed by atoms with Crippen LogP contribution in [0.15, 0.2) is 42.5 Å². The van der Waals surface area contributed by atoms with Crippen molar-refractivity contribution in [3.63, 3.8) is 0 Å². The van der Waals surface area contributed by atoms with E-state index in [0.717, 1.165) is 22.0 Å². The van der Waals surface area contributed by atoms with Crippen LogP contribution in [0.3, 0.4) is 0 Å². The second-order valence-electron chi connectivity index (χ2n) is 6.85. The maximum atomic E-state index is 12.8. The van der Waals surface area contributed by atoms with Gasteiger partial charge >= 0.3 is 0 Å². The summed E-state index contributed by atoms with van der Waals surface area (Å²) >= 11 is 0. The first-order chi connectivity index (χ1) is 13.5. The van der Waals surface area contributed by atoms with Crippen molar-refractivity contribution < 1.29 is 14.3 Å². The molecule has 0 aliphatic carbocycles. The number of H-pyrrole nitrogens is 1. The van der Waals surface area contributed by atoms with Crippen molar-refractivity contribution in [2.75, 3.05) is 25.6 Å². The van der Waals surface area contributed by atoms with Crippen molar-refractivity contribution in [1.82, 2.24) is 10.3 Å². The number of hydrogen-bond acceptors (Lipinski definition) is 3. The van der Waals surface area contributed by atoms with E-state index in [0.29, 0.717) is 36.5 Å². The van der Waals surface area contributed by atoms with Crippen LogP contribution in [-0.4, -0.2) is 37.1 Å². The zero-order valence-electron chi connectivity index (χ0n) is 16.4. The molecule has 0 atom stereocenters. The van der Waals surface area contributed by atoms with Crippen molar-refractivity contribution in [1.29, 1.82) is 0 Å². The van der Waals surface area contributed by atoms with Crippen molar-refractivity contribution in [2.45, 2.75) is 20.3 Å². The number of carbonyl (C=O) groups is 2. The lowest BCUT2D eigenvalue weighted by Crippen LogP contribution is -2.27. The average Bonchev–Trinajstić information content (AvgIpc) is 3.03. The predicted octanol–water partition coefficient (Wildman–Crippen LogP) is 3.80. The summed E-state index contributed by atoms with van der Waals surface area (Å²) in [6, 6.07) is 13.1. The summed E-state index contributed by atoms with van der Waals surface area (Å²) in [6.07, 6.45) is 0.715. The highest BCUT2D eigenvalue weighted by Crippen LogP contribution is 2.29. The molecule has 28 heavy (non-hydrogen) atoms. The Hall–Kier alpha value is -3.12. The molecule has 6 nitrogen and oxygen atoms in total. The van der Waals surface area contributed by atoms with Gasteiger partial charge in [0.1, 0.15) is 5.69 Å². The minimum absolute atomic E-state index is 0.254. The van der Waals surface area contributed by atoms with Crippen molar-refractivity contribution in [3.05, 3.63) is 64.8 Å². The van der Waals surface area contributed by atoms with Gasteiger partial charge in [-0.25, -0.2) is 0 Å². The van der Waals surface area contributed by atoms with Crippen molar-refractivity contribution in [2.24, 2.45) is 0 Å². The Morgan fingerprint density at radius 1 is 1.00 bits per heavy atom. The second kappa shape index (κ2) is 8.71. The van der Waals surface area contributed by atoms with Gasteiger partial charge in [0.25, 0.3) is 11.8 Å². The van der Waals surface area contributed by atoms with E-state index in [1.807, 2.05) is 44.2 Å². The number of anilines is 1. The van der Waals surface area contributed by atoms with E-state index in [4.69, 9.17) is 4.74 Å². The summed E-state index contributed by atoms with van der Waals surface area (Å²) in [4.78, 5) is 28.6. The number of aromatic nitrogens is 1. The molecule has 0 unspecified atom stereocenters. The quantitative estimate of drug-likeness (QED) is 0.546. The normalized spacial score (nSPS) is 10.8. The Kier molecular flexibility index (Phi) is 6.11. The van der Waals surface area contributed by atoms with Crippen LogP contribution in [0.25, 0.3) is 10.9 Å². The van der Waals surface area contributed by atoms with Crippen LogP contribution in [0.1, 0.15) is 38.4 Å².